The molecule has 0 fully saturated rings. The third-order valence-corrected chi connectivity index (χ3v) is 4.77. The van der Waals surface area contributed by atoms with Crippen molar-refractivity contribution in [3.63, 3.8) is 0 Å². The molecule has 3 nitrogen and oxygen atoms in total. The van der Waals surface area contributed by atoms with Crippen LogP contribution in [0.15, 0.2) is 24.3 Å². The highest BCUT2D eigenvalue weighted by Gasteiger charge is 2.23. The lowest BCUT2D eigenvalue weighted by Gasteiger charge is -2.15. The summed E-state index contributed by atoms with van der Waals surface area (Å²) in [4.78, 5) is 5.60. The molecule has 0 saturated heterocycles. The molecule has 0 spiro atoms. The number of aliphatic hydroxyl groups is 1. The van der Waals surface area contributed by atoms with Crippen molar-refractivity contribution in [2.24, 2.45) is 0 Å². The van der Waals surface area contributed by atoms with E-state index in [1.54, 1.807) is 11.3 Å². The molecule has 2 aromatic rings. The first kappa shape index (κ1) is 16.0. The SMILES string of the molecule is CCc1nc(CCOc2ccccc2C)sc1C(C)(C)O. The first-order valence-electron chi connectivity index (χ1n) is 7.31. The molecule has 0 aliphatic rings. The molecule has 2 rings (SSSR count). The molecule has 4 heteroatoms. The van der Waals surface area contributed by atoms with Crippen LogP contribution in [0.3, 0.4) is 0 Å². The Morgan fingerprint density at radius 1 is 1.29 bits per heavy atom. The van der Waals surface area contributed by atoms with E-state index in [2.05, 4.69) is 11.9 Å². The Labute approximate surface area is 130 Å². The van der Waals surface area contributed by atoms with Crippen LogP contribution in [-0.4, -0.2) is 16.7 Å². The fourth-order valence-corrected chi connectivity index (χ4v) is 3.33. The number of nitrogens with zero attached hydrogens (tertiary/aromatic N) is 1. The molecule has 21 heavy (non-hydrogen) atoms. The van der Waals surface area contributed by atoms with Gasteiger partial charge in [-0.2, -0.15) is 0 Å². The molecule has 0 aliphatic heterocycles. The van der Waals surface area contributed by atoms with E-state index in [0.717, 1.165) is 39.7 Å². The zero-order valence-electron chi connectivity index (χ0n) is 13.1. The molecule has 1 aromatic carbocycles. The lowest BCUT2D eigenvalue weighted by molar-refractivity contribution is 0.0814. The Kier molecular flexibility index (Phi) is 5.01. The third kappa shape index (κ3) is 4.05. The van der Waals surface area contributed by atoms with Gasteiger partial charge in [-0.1, -0.05) is 25.1 Å². The summed E-state index contributed by atoms with van der Waals surface area (Å²) in [5.41, 5.74) is 1.32. The van der Waals surface area contributed by atoms with Crippen LogP contribution in [0.5, 0.6) is 5.75 Å². The van der Waals surface area contributed by atoms with Gasteiger partial charge >= 0.3 is 0 Å². The van der Waals surface area contributed by atoms with Crippen LogP contribution in [0, 0.1) is 6.92 Å². The molecule has 0 radical (unpaired) electrons. The molecule has 1 aromatic heterocycles. The molecule has 0 saturated carbocycles. The van der Waals surface area contributed by atoms with Crippen LogP contribution in [0.25, 0.3) is 0 Å². The van der Waals surface area contributed by atoms with Crippen LogP contribution in [0.4, 0.5) is 0 Å². The average molecular weight is 305 g/mol. The second-order valence-electron chi connectivity index (χ2n) is 5.66. The normalized spacial score (nSPS) is 11.7. The van der Waals surface area contributed by atoms with E-state index in [-0.39, 0.29) is 0 Å². The number of hydrogen-bond donors (Lipinski definition) is 1. The van der Waals surface area contributed by atoms with Crippen molar-refractivity contribution < 1.29 is 9.84 Å². The van der Waals surface area contributed by atoms with Crippen molar-refractivity contribution in [1.29, 1.82) is 0 Å². The second kappa shape index (κ2) is 6.58. The van der Waals surface area contributed by atoms with Gasteiger partial charge in [-0.05, 0) is 38.8 Å². The lowest BCUT2D eigenvalue weighted by atomic mass is 10.1. The molecule has 0 atom stereocenters. The number of thiazole rings is 1. The maximum atomic E-state index is 10.2. The number of hydrogen-bond acceptors (Lipinski definition) is 4. The van der Waals surface area contributed by atoms with E-state index in [9.17, 15) is 5.11 Å². The minimum Gasteiger partial charge on any atom is -0.493 e. The number of ether oxygens (including phenoxy) is 1. The number of benzene rings is 1. The quantitative estimate of drug-likeness (QED) is 0.881. The predicted octanol–water partition coefficient (Wildman–Crippen LogP) is 3.86. The number of rotatable bonds is 6. The Morgan fingerprint density at radius 3 is 2.57 bits per heavy atom. The van der Waals surface area contributed by atoms with Crippen molar-refractivity contribution in [2.75, 3.05) is 6.61 Å². The summed E-state index contributed by atoms with van der Waals surface area (Å²) in [5, 5.41) is 11.2. The van der Waals surface area contributed by atoms with Crippen molar-refractivity contribution >= 4 is 11.3 Å². The Balaban J connectivity index is 2.01. The summed E-state index contributed by atoms with van der Waals surface area (Å²) < 4.78 is 5.81. The van der Waals surface area contributed by atoms with Crippen LogP contribution in [-0.2, 0) is 18.4 Å². The van der Waals surface area contributed by atoms with Gasteiger partial charge in [0.2, 0.25) is 0 Å². The molecule has 1 heterocycles. The average Bonchev–Trinajstić information content (AvgIpc) is 2.84. The van der Waals surface area contributed by atoms with Crippen LogP contribution in [0.1, 0.15) is 41.9 Å². The van der Waals surface area contributed by atoms with Gasteiger partial charge in [-0.25, -0.2) is 4.98 Å². The van der Waals surface area contributed by atoms with Gasteiger partial charge in [0.25, 0.3) is 0 Å². The van der Waals surface area contributed by atoms with E-state index < -0.39 is 5.60 Å². The predicted molar refractivity (Wildman–Crippen MR) is 87.1 cm³/mol. The summed E-state index contributed by atoms with van der Waals surface area (Å²) in [6.07, 6.45) is 1.61. The zero-order chi connectivity index (χ0) is 15.5. The van der Waals surface area contributed by atoms with Crippen molar-refractivity contribution in [1.82, 2.24) is 4.98 Å². The Hall–Kier alpha value is -1.39. The summed E-state index contributed by atoms with van der Waals surface area (Å²) in [7, 11) is 0. The monoisotopic (exact) mass is 305 g/mol. The maximum Gasteiger partial charge on any atom is 0.122 e. The maximum absolute atomic E-state index is 10.2. The smallest absolute Gasteiger partial charge is 0.122 e. The van der Waals surface area contributed by atoms with Gasteiger partial charge in [0.1, 0.15) is 5.75 Å². The van der Waals surface area contributed by atoms with Crippen LogP contribution in [0.2, 0.25) is 0 Å². The zero-order valence-corrected chi connectivity index (χ0v) is 14.0. The number of para-hydroxylation sites is 1. The topological polar surface area (TPSA) is 42.4 Å². The van der Waals surface area contributed by atoms with Gasteiger partial charge in [0.15, 0.2) is 0 Å². The summed E-state index contributed by atoms with van der Waals surface area (Å²) >= 11 is 1.59. The Bertz CT molecular complexity index is 599. The molecule has 114 valence electrons. The van der Waals surface area contributed by atoms with Gasteiger partial charge in [0, 0.05) is 6.42 Å². The van der Waals surface area contributed by atoms with E-state index in [4.69, 9.17) is 4.74 Å². The standard InChI is InChI=1S/C17H23NO2S/c1-5-13-16(17(3,4)19)21-15(18-13)10-11-20-14-9-7-6-8-12(14)2/h6-9,19H,5,10-11H2,1-4H3. The van der Waals surface area contributed by atoms with E-state index in [1.165, 1.54) is 0 Å². The van der Waals surface area contributed by atoms with E-state index in [1.807, 2.05) is 45.0 Å². The first-order valence-corrected chi connectivity index (χ1v) is 8.13. The molecular formula is C17H23NO2S. The fraction of sp³-hybridized carbons (Fsp3) is 0.471. The molecule has 1 N–H and O–H groups in total. The van der Waals surface area contributed by atoms with Crippen LogP contribution < -0.4 is 4.74 Å². The van der Waals surface area contributed by atoms with Crippen LogP contribution >= 0.6 is 11.3 Å². The third-order valence-electron chi connectivity index (χ3n) is 3.30. The highest BCUT2D eigenvalue weighted by Crippen LogP contribution is 2.30. The number of aromatic nitrogens is 1. The fourth-order valence-electron chi connectivity index (χ4n) is 2.19. The minimum atomic E-state index is -0.821. The van der Waals surface area contributed by atoms with Gasteiger partial charge < -0.3 is 9.84 Å². The highest BCUT2D eigenvalue weighted by atomic mass is 32.1. The van der Waals surface area contributed by atoms with Gasteiger partial charge in [0.05, 0.1) is 27.8 Å². The van der Waals surface area contributed by atoms with Crippen molar-refractivity contribution in [3.8, 4) is 5.75 Å². The van der Waals surface area contributed by atoms with Crippen molar-refractivity contribution in [2.45, 2.75) is 46.1 Å². The minimum absolute atomic E-state index is 0.604. The lowest BCUT2D eigenvalue weighted by Crippen LogP contribution is -2.15. The van der Waals surface area contributed by atoms with Gasteiger partial charge in [-0.3, -0.25) is 0 Å². The molecular weight excluding hydrogens is 282 g/mol. The summed E-state index contributed by atoms with van der Waals surface area (Å²) in [5.74, 6) is 0.924. The number of aryl methyl sites for hydroxylation is 2. The van der Waals surface area contributed by atoms with Crippen molar-refractivity contribution in [3.05, 3.63) is 45.4 Å². The van der Waals surface area contributed by atoms with E-state index in [0.29, 0.717) is 6.61 Å². The summed E-state index contributed by atoms with van der Waals surface area (Å²) in [6.45, 7) is 8.34. The summed E-state index contributed by atoms with van der Waals surface area (Å²) in [6, 6.07) is 8.01. The molecule has 0 bridgehead atoms. The molecule has 0 amide bonds. The Morgan fingerprint density at radius 2 is 2.00 bits per heavy atom. The second-order valence-corrected chi connectivity index (χ2v) is 6.74. The van der Waals surface area contributed by atoms with Gasteiger partial charge in [-0.15, -0.1) is 11.3 Å². The molecule has 0 aliphatic carbocycles. The first-order chi connectivity index (χ1) is 9.91. The van der Waals surface area contributed by atoms with E-state index >= 15 is 0 Å². The molecule has 0 unspecified atom stereocenters. The largest absolute Gasteiger partial charge is 0.493 e. The highest BCUT2D eigenvalue weighted by molar-refractivity contribution is 7.11.